The number of fused-ring (bicyclic) bond motifs is 2. The predicted molar refractivity (Wildman–Crippen MR) is 103 cm³/mol. The fourth-order valence-electron chi connectivity index (χ4n) is 3.37. The SMILES string of the molecule is CCCCC1Oc2c(C3=CSC4=NCCN34)cc(Cl)cc2N(C)C1=O. The van der Waals surface area contributed by atoms with Gasteiger partial charge in [0.05, 0.1) is 17.9 Å². The van der Waals surface area contributed by atoms with E-state index in [9.17, 15) is 4.79 Å². The molecule has 1 aromatic rings. The predicted octanol–water partition coefficient (Wildman–Crippen LogP) is 3.97. The molecule has 0 fully saturated rings. The van der Waals surface area contributed by atoms with Gasteiger partial charge in [-0.05, 0) is 25.0 Å². The number of halogens is 1. The van der Waals surface area contributed by atoms with Gasteiger partial charge in [-0.15, -0.1) is 0 Å². The Balaban J connectivity index is 1.76. The minimum absolute atomic E-state index is 0.00707. The molecule has 3 aliphatic heterocycles. The van der Waals surface area contributed by atoms with Crippen LogP contribution in [0.5, 0.6) is 5.75 Å². The molecular weight excluding hydrogens is 358 g/mol. The quantitative estimate of drug-likeness (QED) is 0.796. The second-order valence-corrected chi connectivity index (χ2v) is 7.66. The molecule has 3 heterocycles. The Kier molecular flexibility index (Phi) is 4.41. The Bertz CT molecular complexity index is 793. The van der Waals surface area contributed by atoms with Gasteiger partial charge in [0, 0.05) is 29.6 Å². The van der Waals surface area contributed by atoms with Crippen molar-refractivity contribution in [2.45, 2.75) is 32.3 Å². The second kappa shape index (κ2) is 6.57. The van der Waals surface area contributed by atoms with Crippen LogP contribution in [0.4, 0.5) is 5.69 Å². The highest BCUT2D eigenvalue weighted by molar-refractivity contribution is 8.16. The van der Waals surface area contributed by atoms with E-state index < -0.39 is 6.10 Å². The first-order valence-electron chi connectivity index (χ1n) is 8.57. The summed E-state index contributed by atoms with van der Waals surface area (Å²) in [5.41, 5.74) is 2.72. The van der Waals surface area contributed by atoms with Crippen LogP contribution >= 0.6 is 23.4 Å². The molecule has 4 rings (SSSR count). The molecule has 3 aliphatic rings. The number of carbonyl (C=O) groups excluding carboxylic acids is 1. The molecular formula is C18H20ClN3O2S. The zero-order chi connectivity index (χ0) is 17.6. The van der Waals surface area contributed by atoms with Crippen molar-refractivity contribution in [3.8, 4) is 5.75 Å². The van der Waals surface area contributed by atoms with E-state index in [4.69, 9.17) is 16.3 Å². The first kappa shape index (κ1) is 16.8. The lowest BCUT2D eigenvalue weighted by Crippen LogP contribution is -2.44. The summed E-state index contributed by atoms with van der Waals surface area (Å²) in [7, 11) is 1.79. The van der Waals surface area contributed by atoms with Gasteiger partial charge in [-0.1, -0.05) is 36.7 Å². The fraction of sp³-hybridized carbons (Fsp3) is 0.444. The Morgan fingerprint density at radius 1 is 1.44 bits per heavy atom. The molecule has 132 valence electrons. The molecule has 0 spiro atoms. The van der Waals surface area contributed by atoms with Gasteiger partial charge >= 0.3 is 0 Å². The van der Waals surface area contributed by atoms with Crippen molar-refractivity contribution in [2.24, 2.45) is 4.99 Å². The van der Waals surface area contributed by atoms with Crippen LogP contribution in [0.25, 0.3) is 5.70 Å². The van der Waals surface area contributed by atoms with Crippen molar-refractivity contribution in [3.05, 3.63) is 28.1 Å². The highest BCUT2D eigenvalue weighted by Gasteiger charge is 2.36. The molecule has 1 unspecified atom stereocenters. The first-order valence-corrected chi connectivity index (χ1v) is 9.83. The van der Waals surface area contributed by atoms with E-state index in [1.54, 1.807) is 29.8 Å². The van der Waals surface area contributed by atoms with Gasteiger partial charge < -0.3 is 14.5 Å². The summed E-state index contributed by atoms with van der Waals surface area (Å²) in [6, 6.07) is 3.73. The molecule has 0 saturated heterocycles. The van der Waals surface area contributed by atoms with E-state index in [-0.39, 0.29) is 5.91 Å². The molecule has 1 amide bonds. The number of hydrogen-bond acceptors (Lipinski definition) is 5. The number of amides is 1. The Hall–Kier alpha value is -1.66. The summed E-state index contributed by atoms with van der Waals surface area (Å²) < 4.78 is 6.20. The van der Waals surface area contributed by atoms with E-state index in [0.717, 1.165) is 60.2 Å². The van der Waals surface area contributed by atoms with Crippen molar-refractivity contribution in [1.82, 2.24) is 4.90 Å². The molecule has 0 radical (unpaired) electrons. The minimum Gasteiger partial charge on any atom is -0.478 e. The third-order valence-corrected chi connectivity index (χ3v) is 5.85. The average Bonchev–Trinajstić information content (AvgIpc) is 3.20. The third-order valence-electron chi connectivity index (χ3n) is 4.73. The smallest absolute Gasteiger partial charge is 0.267 e. The number of benzene rings is 1. The number of anilines is 1. The number of amidine groups is 1. The number of aliphatic imine (C=N–C) groups is 1. The molecule has 5 nitrogen and oxygen atoms in total. The van der Waals surface area contributed by atoms with E-state index in [2.05, 4.69) is 22.2 Å². The second-order valence-electron chi connectivity index (χ2n) is 6.38. The monoisotopic (exact) mass is 377 g/mol. The number of ether oxygens (including phenoxy) is 1. The molecule has 0 N–H and O–H groups in total. The number of rotatable bonds is 4. The maximum atomic E-state index is 12.6. The lowest BCUT2D eigenvalue weighted by atomic mass is 10.0. The molecule has 25 heavy (non-hydrogen) atoms. The summed E-state index contributed by atoms with van der Waals surface area (Å²) in [6.07, 6.45) is 2.29. The third kappa shape index (κ3) is 2.81. The summed E-state index contributed by atoms with van der Waals surface area (Å²) in [4.78, 5) is 21.0. The zero-order valence-corrected chi connectivity index (χ0v) is 15.9. The summed E-state index contributed by atoms with van der Waals surface area (Å²) in [5.74, 6) is 0.736. The van der Waals surface area contributed by atoms with Crippen molar-refractivity contribution in [2.75, 3.05) is 25.0 Å². The van der Waals surface area contributed by atoms with Crippen LogP contribution in [0.3, 0.4) is 0 Å². The van der Waals surface area contributed by atoms with Crippen LogP contribution < -0.4 is 9.64 Å². The van der Waals surface area contributed by atoms with Crippen LogP contribution in [0.15, 0.2) is 22.5 Å². The van der Waals surface area contributed by atoms with Crippen LogP contribution in [0.2, 0.25) is 5.02 Å². The standard InChI is InChI=1S/C18H20ClN3O2S/c1-3-4-5-15-17(23)21(2)13-9-11(19)8-12(16(13)24-15)14-10-25-18-20-6-7-22(14)18/h8-10,15H,3-7H2,1-2H3. The molecule has 7 heteroatoms. The van der Waals surface area contributed by atoms with Gasteiger partial charge in [-0.3, -0.25) is 9.79 Å². The van der Waals surface area contributed by atoms with E-state index in [1.807, 2.05) is 6.07 Å². The van der Waals surface area contributed by atoms with E-state index >= 15 is 0 Å². The van der Waals surface area contributed by atoms with Gasteiger partial charge in [-0.2, -0.15) is 0 Å². The number of nitrogens with zero attached hydrogens (tertiary/aromatic N) is 3. The number of likely N-dealkylation sites (N-methyl/N-ethyl adjacent to an activating group) is 1. The summed E-state index contributed by atoms with van der Waals surface area (Å²) >= 11 is 7.98. The Labute approximate surface area is 156 Å². The number of thioether (sulfide) groups is 1. The highest BCUT2D eigenvalue weighted by atomic mass is 35.5. The highest BCUT2D eigenvalue weighted by Crippen LogP contribution is 2.46. The fourth-order valence-corrected chi connectivity index (χ4v) is 4.54. The average molecular weight is 378 g/mol. The van der Waals surface area contributed by atoms with Crippen LogP contribution in [-0.4, -0.2) is 42.2 Å². The summed E-state index contributed by atoms with van der Waals surface area (Å²) in [6.45, 7) is 3.79. The maximum Gasteiger partial charge on any atom is 0.267 e. The van der Waals surface area contributed by atoms with Gasteiger partial charge in [0.1, 0.15) is 0 Å². The van der Waals surface area contributed by atoms with Crippen LogP contribution in [0, 0.1) is 0 Å². The molecule has 1 atom stereocenters. The number of carbonyl (C=O) groups is 1. The zero-order valence-electron chi connectivity index (χ0n) is 14.3. The van der Waals surface area contributed by atoms with Crippen molar-refractivity contribution in [1.29, 1.82) is 0 Å². The van der Waals surface area contributed by atoms with Crippen LogP contribution in [-0.2, 0) is 4.79 Å². The number of unbranched alkanes of at least 4 members (excludes halogenated alkanes) is 1. The molecule has 0 aromatic heterocycles. The summed E-state index contributed by atoms with van der Waals surface area (Å²) in [5, 5.41) is 3.70. The van der Waals surface area contributed by atoms with Gasteiger partial charge in [0.2, 0.25) is 0 Å². The number of hydrogen-bond donors (Lipinski definition) is 0. The Morgan fingerprint density at radius 2 is 2.28 bits per heavy atom. The van der Waals surface area contributed by atoms with E-state index in [1.165, 1.54) is 0 Å². The lowest BCUT2D eigenvalue weighted by molar-refractivity contribution is -0.126. The maximum absolute atomic E-state index is 12.6. The minimum atomic E-state index is -0.432. The van der Waals surface area contributed by atoms with Crippen molar-refractivity contribution >= 4 is 45.8 Å². The first-order chi connectivity index (χ1) is 12.1. The normalized spacial score (nSPS) is 21.7. The molecule has 0 bridgehead atoms. The lowest BCUT2D eigenvalue weighted by Gasteiger charge is -2.34. The van der Waals surface area contributed by atoms with Crippen molar-refractivity contribution < 1.29 is 9.53 Å². The largest absolute Gasteiger partial charge is 0.478 e. The molecule has 0 saturated carbocycles. The van der Waals surface area contributed by atoms with Crippen LogP contribution in [0.1, 0.15) is 31.7 Å². The molecule has 0 aliphatic carbocycles. The van der Waals surface area contributed by atoms with Gasteiger partial charge in [-0.25, -0.2) is 0 Å². The Morgan fingerprint density at radius 3 is 3.08 bits per heavy atom. The van der Waals surface area contributed by atoms with Gasteiger partial charge in [0.15, 0.2) is 17.0 Å². The van der Waals surface area contributed by atoms with E-state index in [0.29, 0.717) is 5.02 Å². The molecule has 1 aromatic carbocycles. The van der Waals surface area contributed by atoms with Crippen molar-refractivity contribution in [3.63, 3.8) is 0 Å². The van der Waals surface area contributed by atoms with Gasteiger partial charge in [0.25, 0.3) is 5.91 Å². The topological polar surface area (TPSA) is 45.1 Å².